The van der Waals surface area contributed by atoms with Gasteiger partial charge in [-0.1, -0.05) is 18.5 Å². The third-order valence-electron chi connectivity index (χ3n) is 2.99. The van der Waals surface area contributed by atoms with Crippen LogP contribution in [0.15, 0.2) is 34.5 Å². The summed E-state index contributed by atoms with van der Waals surface area (Å²) in [6.07, 6.45) is 0.852. The summed E-state index contributed by atoms with van der Waals surface area (Å²) in [7, 11) is -3.75. The summed E-state index contributed by atoms with van der Waals surface area (Å²) < 4.78 is 27.2. The smallest absolute Gasteiger partial charge is 0.207 e. The van der Waals surface area contributed by atoms with Gasteiger partial charge >= 0.3 is 0 Å². The molecule has 0 saturated carbocycles. The number of rotatable bonds is 5. The minimum atomic E-state index is -3.75. The average Bonchev–Trinajstić information content (AvgIpc) is 2.93. The molecule has 0 radical (unpaired) electrons. The zero-order chi connectivity index (χ0) is 15.5. The normalized spacial score (nSPS) is 11.3. The van der Waals surface area contributed by atoms with Gasteiger partial charge in [0.25, 0.3) is 0 Å². The molecule has 0 atom stereocenters. The van der Waals surface area contributed by atoms with Gasteiger partial charge in [-0.3, -0.25) is 0 Å². The highest BCUT2D eigenvalue weighted by atomic mass is 35.5. The van der Waals surface area contributed by atoms with Crippen molar-refractivity contribution in [2.75, 3.05) is 0 Å². The van der Waals surface area contributed by atoms with Crippen molar-refractivity contribution < 1.29 is 8.42 Å². The lowest BCUT2D eigenvalue weighted by Crippen LogP contribution is -2.23. The van der Waals surface area contributed by atoms with Crippen LogP contribution in [0.3, 0.4) is 0 Å². The Bertz CT molecular complexity index is 792. The van der Waals surface area contributed by atoms with Crippen LogP contribution in [0.25, 0.3) is 0 Å². The lowest BCUT2D eigenvalue weighted by Gasteiger charge is -2.09. The van der Waals surface area contributed by atoms with E-state index < -0.39 is 10.0 Å². The van der Waals surface area contributed by atoms with Gasteiger partial charge in [0.05, 0.1) is 16.7 Å². The minimum absolute atomic E-state index is 0.0715. The molecule has 2 rings (SSSR count). The second-order valence-corrected chi connectivity index (χ2v) is 7.45. The first-order chi connectivity index (χ1) is 9.97. The van der Waals surface area contributed by atoms with Gasteiger partial charge in [0.2, 0.25) is 10.0 Å². The van der Waals surface area contributed by atoms with Crippen molar-refractivity contribution in [2.45, 2.75) is 24.8 Å². The van der Waals surface area contributed by atoms with Crippen LogP contribution in [-0.4, -0.2) is 8.42 Å². The molecule has 0 amide bonds. The summed E-state index contributed by atoms with van der Waals surface area (Å²) in [5, 5.41) is 10.9. The quantitative estimate of drug-likeness (QED) is 0.907. The van der Waals surface area contributed by atoms with E-state index in [2.05, 4.69) is 4.72 Å². The number of hydrogen-bond acceptors (Lipinski definition) is 4. The molecule has 0 fully saturated rings. The van der Waals surface area contributed by atoms with E-state index in [1.54, 1.807) is 0 Å². The highest BCUT2D eigenvalue weighted by molar-refractivity contribution is 7.89. The number of thiophene rings is 1. The molecule has 21 heavy (non-hydrogen) atoms. The van der Waals surface area contributed by atoms with Crippen LogP contribution in [0.2, 0.25) is 5.02 Å². The number of sulfonamides is 1. The Morgan fingerprint density at radius 3 is 2.81 bits per heavy atom. The third kappa shape index (κ3) is 3.63. The summed E-state index contributed by atoms with van der Waals surface area (Å²) in [6.45, 7) is 2.24. The maximum absolute atomic E-state index is 12.3. The van der Waals surface area contributed by atoms with Crippen LogP contribution in [0.4, 0.5) is 0 Å². The first-order valence-electron chi connectivity index (χ1n) is 6.22. The van der Waals surface area contributed by atoms with Crippen LogP contribution in [-0.2, 0) is 23.0 Å². The molecule has 1 heterocycles. The van der Waals surface area contributed by atoms with Crippen molar-refractivity contribution in [1.82, 2.24) is 4.72 Å². The zero-order valence-electron chi connectivity index (χ0n) is 11.3. The molecule has 7 heteroatoms. The summed E-state index contributed by atoms with van der Waals surface area (Å²) in [5.41, 5.74) is 1.38. The molecule has 4 nitrogen and oxygen atoms in total. The van der Waals surface area contributed by atoms with Gasteiger partial charge in [0.15, 0.2) is 0 Å². The van der Waals surface area contributed by atoms with E-state index in [-0.39, 0.29) is 22.0 Å². The Hall–Kier alpha value is -1.39. The fourth-order valence-corrected chi connectivity index (χ4v) is 4.38. The number of hydrogen-bond donors (Lipinski definition) is 1. The maximum Gasteiger partial charge on any atom is 0.242 e. The first kappa shape index (κ1) is 16.0. The molecule has 1 aromatic heterocycles. The molecule has 1 aromatic carbocycles. The monoisotopic (exact) mass is 340 g/mol. The maximum atomic E-state index is 12.3. The van der Waals surface area contributed by atoms with Crippen LogP contribution in [0.1, 0.15) is 22.9 Å². The summed E-state index contributed by atoms with van der Waals surface area (Å²) >= 11 is 7.44. The van der Waals surface area contributed by atoms with Crippen molar-refractivity contribution in [3.8, 4) is 6.07 Å². The molecular formula is C14H13ClN2O2S2. The number of halogens is 1. The van der Waals surface area contributed by atoms with E-state index in [0.717, 1.165) is 16.9 Å². The summed E-state index contributed by atoms with van der Waals surface area (Å²) in [6, 6.07) is 8.06. The number of nitriles is 1. The standard InChI is InChI=1S/C14H13ClN2O2S2/c1-2-11-5-6-20-13(11)9-17-21(18,19)14-7-10(8-16)3-4-12(14)15/h3-7,17H,2,9H2,1H3. The number of nitrogens with one attached hydrogen (secondary N) is 1. The SMILES string of the molecule is CCc1ccsc1CNS(=O)(=O)c1cc(C#N)ccc1Cl. The van der Waals surface area contributed by atoms with Crippen LogP contribution in [0, 0.1) is 11.3 Å². The van der Waals surface area contributed by atoms with Crippen LogP contribution >= 0.6 is 22.9 Å². The van der Waals surface area contributed by atoms with E-state index in [1.807, 2.05) is 24.4 Å². The second-order valence-electron chi connectivity index (χ2n) is 4.30. The van der Waals surface area contributed by atoms with Crippen LogP contribution in [0.5, 0.6) is 0 Å². The van der Waals surface area contributed by atoms with Gasteiger partial charge in [-0.2, -0.15) is 5.26 Å². The zero-order valence-corrected chi connectivity index (χ0v) is 13.6. The fourth-order valence-electron chi connectivity index (χ4n) is 1.85. The molecule has 0 aliphatic heterocycles. The predicted octanol–water partition coefficient (Wildman–Crippen LogP) is 3.31. The lowest BCUT2D eigenvalue weighted by atomic mass is 10.2. The van der Waals surface area contributed by atoms with Gasteiger partial charge in [0.1, 0.15) is 4.90 Å². The molecule has 0 saturated heterocycles. The van der Waals surface area contributed by atoms with E-state index in [1.165, 1.54) is 29.5 Å². The number of nitrogens with zero attached hydrogens (tertiary/aromatic N) is 1. The Balaban J connectivity index is 2.25. The first-order valence-corrected chi connectivity index (χ1v) is 8.96. The Morgan fingerprint density at radius 1 is 1.38 bits per heavy atom. The Kier molecular flexibility index (Phi) is 5.01. The Morgan fingerprint density at radius 2 is 2.14 bits per heavy atom. The molecule has 0 aliphatic rings. The van der Waals surface area contributed by atoms with Gasteiger partial charge in [-0.25, -0.2) is 13.1 Å². The largest absolute Gasteiger partial charge is 0.242 e. The summed E-state index contributed by atoms with van der Waals surface area (Å²) in [4.78, 5) is 0.909. The fraction of sp³-hybridized carbons (Fsp3) is 0.214. The van der Waals surface area contributed by atoms with Crippen molar-refractivity contribution >= 4 is 33.0 Å². The van der Waals surface area contributed by atoms with E-state index in [4.69, 9.17) is 16.9 Å². The molecule has 0 bridgehead atoms. The molecule has 0 unspecified atom stereocenters. The topological polar surface area (TPSA) is 70.0 Å². The van der Waals surface area contributed by atoms with Gasteiger partial charge in [-0.15, -0.1) is 11.3 Å². The molecule has 0 spiro atoms. The third-order valence-corrected chi connectivity index (χ3v) is 5.84. The second kappa shape index (κ2) is 6.58. The van der Waals surface area contributed by atoms with Crippen molar-refractivity contribution in [3.63, 3.8) is 0 Å². The van der Waals surface area contributed by atoms with E-state index in [0.29, 0.717) is 0 Å². The highest BCUT2D eigenvalue weighted by Gasteiger charge is 2.19. The molecule has 0 aliphatic carbocycles. The molecule has 2 aromatic rings. The number of aryl methyl sites for hydroxylation is 1. The van der Waals surface area contributed by atoms with Gasteiger partial charge in [0, 0.05) is 11.4 Å². The van der Waals surface area contributed by atoms with Crippen molar-refractivity contribution in [1.29, 1.82) is 5.26 Å². The molecule has 110 valence electrons. The van der Waals surface area contributed by atoms with Crippen molar-refractivity contribution in [2.24, 2.45) is 0 Å². The summed E-state index contributed by atoms with van der Waals surface area (Å²) in [5.74, 6) is 0. The van der Waals surface area contributed by atoms with E-state index >= 15 is 0 Å². The van der Waals surface area contributed by atoms with E-state index in [9.17, 15) is 8.42 Å². The predicted molar refractivity (Wildman–Crippen MR) is 83.9 cm³/mol. The lowest BCUT2D eigenvalue weighted by molar-refractivity contribution is 0.581. The van der Waals surface area contributed by atoms with Gasteiger partial charge in [-0.05, 0) is 41.6 Å². The van der Waals surface area contributed by atoms with Crippen molar-refractivity contribution in [3.05, 3.63) is 50.7 Å². The average molecular weight is 341 g/mol. The number of benzene rings is 1. The minimum Gasteiger partial charge on any atom is -0.207 e. The molecular weight excluding hydrogens is 328 g/mol. The van der Waals surface area contributed by atoms with Crippen LogP contribution < -0.4 is 4.72 Å². The van der Waals surface area contributed by atoms with Gasteiger partial charge < -0.3 is 0 Å². The Labute approximate surface area is 133 Å². The molecule has 1 N–H and O–H groups in total. The highest BCUT2D eigenvalue weighted by Crippen LogP contribution is 2.23.